The summed E-state index contributed by atoms with van der Waals surface area (Å²) in [5, 5.41) is 0.782. The summed E-state index contributed by atoms with van der Waals surface area (Å²) in [5.41, 5.74) is 4.25. The van der Waals surface area contributed by atoms with Gasteiger partial charge in [0.05, 0.1) is 0 Å². The summed E-state index contributed by atoms with van der Waals surface area (Å²) in [7, 11) is 0. The molecule has 1 aliphatic rings. The third-order valence-electron chi connectivity index (χ3n) is 4.35. The quantitative estimate of drug-likeness (QED) is 0.637. The zero-order chi connectivity index (χ0) is 13.0. The topological polar surface area (TPSA) is 38.0 Å². The Morgan fingerprint density at radius 2 is 1.83 bits per heavy atom. The van der Waals surface area contributed by atoms with Crippen LogP contribution in [0.25, 0.3) is 0 Å². The average molecular weight is 267 g/mol. The number of hydrogen-bond donors (Lipinski definition) is 2. The van der Waals surface area contributed by atoms with Crippen molar-refractivity contribution in [2.75, 3.05) is 0 Å². The van der Waals surface area contributed by atoms with Crippen molar-refractivity contribution in [1.82, 2.24) is 5.43 Å². The van der Waals surface area contributed by atoms with Crippen molar-refractivity contribution < 1.29 is 0 Å². The Morgan fingerprint density at radius 1 is 1.22 bits per heavy atom. The van der Waals surface area contributed by atoms with E-state index >= 15 is 0 Å². The lowest BCUT2D eigenvalue weighted by Gasteiger charge is -2.33. The number of hydrogen-bond acceptors (Lipinski definition) is 2. The predicted molar refractivity (Wildman–Crippen MR) is 77.3 cm³/mol. The summed E-state index contributed by atoms with van der Waals surface area (Å²) in [6.07, 6.45) is 6.54. The minimum atomic E-state index is 0.264. The van der Waals surface area contributed by atoms with Crippen molar-refractivity contribution >= 4 is 11.6 Å². The maximum absolute atomic E-state index is 5.93. The van der Waals surface area contributed by atoms with E-state index in [0.717, 1.165) is 10.9 Å². The van der Waals surface area contributed by atoms with Crippen molar-refractivity contribution in [3.8, 4) is 0 Å². The van der Waals surface area contributed by atoms with Gasteiger partial charge in [-0.05, 0) is 42.4 Å². The highest BCUT2D eigenvalue weighted by Crippen LogP contribution is 2.37. The van der Waals surface area contributed by atoms with Crippen molar-refractivity contribution in [1.29, 1.82) is 0 Å². The molecule has 0 radical (unpaired) electrons. The van der Waals surface area contributed by atoms with Crippen LogP contribution in [-0.2, 0) is 0 Å². The van der Waals surface area contributed by atoms with Gasteiger partial charge in [-0.25, -0.2) is 0 Å². The lowest BCUT2D eigenvalue weighted by molar-refractivity contribution is 0.219. The van der Waals surface area contributed by atoms with E-state index in [-0.39, 0.29) is 6.04 Å². The van der Waals surface area contributed by atoms with Crippen LogP contribution >= 0.6 is 11.6 Å². The van der Waals surface area contributed by atoms with E-state index in [4.69, 9.17) is 17.4 Å². The predicted octanol–water partition coefficient (Wildman–Crippen LogP) is 4.06. The molecule has 2 nitrogen and oxygen atoms in total. The Hall–Kier alpha value is -0.570. The molecule has 1 saturated carbocycles. The van der Waals surface area contributed by atoms with Gasteiger partial charge in [-0.3, -0.25) is 11.3 Å². The molecule has 18 heavy (non-hydrogen) atoms. The van der Waals surface area contributed by atoms with E-state index in [2.05, 4.69) is 24.5 Å². The van der Waals surface area contributed by atoms with Crippen LogP contribution in [0.2, 0.25) is 5.02 Å². The second kappa shape index (κ2) is 6.55. The molecule has 2 rings (SSSR count). The minimum Gasteiger partial charge on any atom is -0.271 e. The smallest absolute Gasteiger partial charge is 0.0488 e. The Balaban J connectivity index is 2.03. The van der Waals surface area contributed by atoms with E-state index in [9.17, 15) is 0 Å². The molecule has 0 aromatic heterocycles. The summed E-state index contributed by atoms with van der Waals surface area (Å²) in [4.78, 5) is 0. The number of nitrogens with two attached hydrogens (primary N) is 1. The third-order valence-corrected chi connectivity index (χ3v) is 4.60. The van der Waals surface area contributed by atoms with E-state index < -0.39 is 0 Å². The van der Waals surface area contributed by atoms with Crippen LogP contribution in [0, 0.1) is 11.8 Å². The van der Waals surface area contributed by atoms with Crippen molar-refractivity contribution in [3.05, 3.63) is 34.9 Å². The van der Waals surface area contributed by atoms with Crippen LogP contribution in [0.15, 0.2) is 24.3 Å². The molecule has 0 heterocycles. The monoisotopic (exact) mass is 266 g/mol. The fourth-order valence-corrected chi connectivity index (χ4v) is 3.23. The summed E-state index contributed by atoms with van der Waals surface area (Å²) in [5.74, 6) is 7.33. The van der Waals surface area contributed by atoms with Gasteiger partial charge < -0.3 is 0 Å². The molecule has 1 unspecified atom stereocenters. The standard InChI is InChI=1S/C15H23ClN2/c1-2-11-3-5-12(6-4-11)15(18-17)13-7-9-14(16)10-8-13/h7-12,15,18H,2-6,17H2,1H3. The third kappa shape index (κ3) is 3.25. The highest BCUT2D eigenvalue weighted by atomic mass is 35.5. The lowest BCUT2D eigenvalue weighted by Crippen LogP contribution is -2.35. The number of benzene rings is 1. The fourth-order valence-electron chi connectivity index (χ4n) is 3.10. The van der Waals surface area contributed by atoms with Crippen LogP contribution < -0.4 is 11.3 Å². The van der Waals surface area contributed by atoms with Crippen molar-refractivity contribution in [2.45, 2.75) is 45.1 Å². The number of nitrogens with one attached hydrogen (secondary N) is 1. The molecule has 0 amide bonds. The molecule has 100 valence electrons. The highest BCUT2D eigenvalue weighted by molar-refractivity contribution is 6.30. The second-order valence-corrected chi connectivity index (χ2v) is 5.82. The van der Waals surface area contributed by atoms with E-state index in [1.54, 1.807) is 0 Å². The maximum Gasteiger partial charge on any atom is 0.0488 e. The molecule has 0 saturated heterocycles. The Bertz CT molecular complexity index is 355. The van der Waals surface area contributed by atoms with Crippen LogP contribution in [0.1, 0.15) is 50.6 Å². The Kier molecular flexibility index (Phi) is 5.04. The first-order valence-electron chi connectivity index (χ1n) is 6.96. The molecule has 1 aliphatic carbocycles. The molecule has 3 N–H and O–H groups in total. The van der Waals surface area contributed by atoms with E-state index in [0.29, 0.717) is 5.92 Å². The summed E-state index contributed by atoms with van der Waals surface area (Å²) in [6, 6.07) is 8.31. The molecule has 1 aromatic rings. The fraction of sp³-hybridized carbons (Fsp3) is 0.600. The molecule has 1 atom stereocenters. The van der Waals surface area contributed by atoms with Crippen LogP contribution in [-0.4, -0.2) is 0 Å². The SMILES string of the molecule is CCC1CCC(C(NN)c2ccc(Cl)cc2)CC1. The zero-order valence-corrected chi connectivity index (χ0v) is 11.8. The molecule has 3 heteroatoms. The van der Waals surface area contributed by atoms with Crippen LogP contribution in [0.3, 0.4) is 0 Å². The van der Waals surface area contributed by atoms with Crippen LogP contribution in [0.5, 0.6) is 0 Å². The Labute approximate surface area is 115 Å². The molecule has 0 bridgehead atoms. The first kappa shape index (κ1) is 13.9. The van der Waals surface area contributed by atoms with Gasteiger partial charge in [0.25, 0.3) is 0 Å². The number of hydrazine groups is 1. The molecular weight excluding hydrogens is 244 g/mol. The highest BCUT2D eigenvalue weighted by Gasteiger charge is 2.27. The molecule has 0 aliphatic heterocycles. The molecular formula is C15H23ClN2. The van der Waals surface area contributed by atoms with Gasteiger partial charge in [-0.2, -0.15) is 0 Å². The summed E-state index contributed by atoms with van der Waals surface area (Å²) in [6.45, 7) is 2.29. The Morgan fingerprint density at radius 3 is 2.33 bits per heavy atom. The van der Waals surface area contributed by atoms with E-state index in [1.807, 2.05) is 12.1 Å². The first-order valence-corrected chi connectivity index (χ1v) is 7.34. The summed E-state index contributed by atoms with van der Waals surface area (Å²) < 4.78 is 0. The number of halogens is 1. The van der Waals surface area contributed by atoms with Gasteiger partial charge in [0.2, 0.25) is 0 Å². The van der Waals surface area contributed by atoms with Gasteiger partial charge in [0, 0.05) is 11.1 Å². The molecule has 1 aromatic carbocycles. The molecule has 0 spiro atoms. The minimum absolute atomic E-state index is 0.264. The van der Waals surface area contributed by atoms with Gasteiger partial charge in [0.15, 0.2) is 0 Å². The first-order chi connectivity index (χ1) is 8.74. The average Bonchev–Trinajstić information content (AvgIpc) is 2.42. The normalized spacial score (nSPS) is 25.9. The van der Waals surface area contributed by atoms with Gasteiger partial charge in [0.1, 0.15) is 0 Å². The zero-order valence-electron chi connectivity index (χ0n) is 11.0. The molecule has 1 fully saturated rings. The summed E-state index contributed by atoms with van der Waals surface area (Å²) >= 11 is 5.93. The number of rotatable bonds is 4. The largest absolute Gasteiger partial charge is 0.271 e. The van der Waals surface area contributed by atoms with Gasteiger partial charge in [-0.15, -0.1) is 0 Å². The van der Waals surface area contributed by atoms with Crippen LogP contribution in [0.4, 0.5) is 0 Å². The van der Waals surface area contributed by atoms with Gasteiger partial charge in [-0.1, -0.05) is 49.9 Å². The van der Waals surface area contributed by atoms with Crippen molar-refractivity contribution in [3.63, 3.8) is 0 Å². The van der Waals surface area contributed by atoms with E-state index in [1.165, 1.54) is 37.7 Å². The van der Waals surface area contributed by atoms with Crippen molar-refractivity contribution in [2.24, 2.45) is 17.7 Å². The lowest BCUT2D eigenvalue weighted by atomic mass is 9.76. The maximum atomic E-state index is 5.93. The van der Waals surface area contributed by atoms with Gasteiger partial charge >= 0.3 is 0 Å². The second-order valence-electron chi connectivity index (χ2n) is 5.38.